The maximum Gasteiger partial charge on any atom is 0.268 e. The summed E-state index contributed by atoms with van der Waals surface area (Å²) in [4.78, 5) is 17.7. The van der Waals surface area contributed by atoms with Crippen LogP contribution in [0.1, 0.15) is 31.1 Å². The molecule has 1 unspecified atom stereocenters. The summed E-state index contributed by atoms with van der Waals surface area (Å²) in [6.07, 6.45) is 4.96. The summed E-state index contributed by atoms with van der Waals surface area (Å²) in [6.45, 7) is 0. The number of hydrogen-bond acceptors (Lipinski definition) is 4. The molecule has 118 valence electrons. The van der Waals surface area contributed by atoms with E-state index in [0.717, 1.165) is 12.8 Å². The first-order valence-electron chi connectivity index (χ1n) is 7.63. The highest BCUT2D eigenvalue weighted by Gasteiger charge is 2.30. The lowest BCUT2D eigenvalue weighted by Crippen LogP contribution is -2.34. The lowest BCUT2D eigenvalue weighted by atomic mass is 9.79. The Balaban J connectivity index is 2.03. The van der Waals surface area contributed by atoms with Crippen molar-refractivity contribution in [2.45, 2.75) is 25.3 Å². The number of aromatic amines is 1. The van der Waals surface area contributed by atoms with Gasteiger partial charge < -0.3 is 5.73 Å². The molecule has 1 atom stereocenters. The van der Waals surface area contributed by atoms with Crippen molar-refractivity contribution < 1.29 is 0 Å². The van der Waals surface area contributed by atoms with E-state index in [0.29, 0.717) is 33.5 Å². The van der Waals surface area contributed by atoms with Crippen molar-refractivity contribution >= 4 is 22.5 Å². The molecule has 1 aliphatic rings. The fourth-order valence-corrected chi connectivity index (χ4v) is 3.29. The molecule has 0 spiro atoms. The lowest BCUT2D eigenvalue weighted by Gasteiger charge is -2.31. The second-order valence-corrected chi connectivity index (χ2v) is 6.30. The third kappa shape index (κ3) is 2.26. The molecule has 2 aromatic heterocycles. The fraction of sp³-hybridized carbons (Fsp3) is 0.312. The van der Waals surface area contributed by atoms with E-state index in [1.54, 1.807) is 30.5 Å². The molecule has 3 aromatic rings. The first kappa shape index (κ1) is 14.4. The largest absolute Gasteiger partial charge is 0.321 e. The number of hydrogen-bond donors (Lipinski definition) is 2. The molecular weight excluding hydrogens is 314 g/mol. The fourth-order valence-electron chi connectivity index (χ4n) is 3.04. The van der Waals surface area contributed by atoms with Crippen LogP contribution in [0.4, 0.5) is 0 Å². The minimum atomic E-state index is -0.295. The number of benzene rings is 1. The molecule has 0 radical (unpaired) electrons. The number of rotatable bonds is 3. The molecule has 1 aromatic carbocycles. The Morgan fingerprint density at radius 2 is 2.17 bits per heavy atom. The zero-order valence-electron chi connectivity index (χ0n) is 12.4. The summed E-state index contributed by atoms with van der Waals surface area (Å²) >= 11 is 6.22. The Hall–Kier alpha value is -2.18. The van der Waals surface area contributed by atoms with Gasteiger partial charge in [0.1, 0.15) is 5.82 Å². The SMILES string of the molecule is NC(c1nc2cccc(Cl)c2c(=O)n1-c1cc[nH]n1)C1CCC1. The molecule has 4 rings (SSSR count). The van der Waals surface area contributed by atoms with Crippen molar-refractivity contribution in [1.29, 1.82) is 0 Å². The van der Waals surface area contributed by atoms with Crippen LogP contribution in [0.25, 0.3) is 16.7 Å². The minimum absolute atomic E-state index is 0.238. The van der Waals surface area contributed by atoms with Gasteiger partial charge in [0.25, 0.3) is 5.56 Å². The molecule has 3 N–H and O–H groups in total. The Morgan fingerprint density at radius 1 is 1.35 bits per heavy atom. The molecular formula is C16H16ClN5O. The second-order valence-electron chi connectivity index (χ2n) is 5.89. The van der Waals surface area contributed by atoms with Crippen LogP contribution < -0.4 is 11.3 Å². The van der Waals surface area contributed by atoms with Gasteiger partial charge in [0.05, 0.1) is 22.0 Å². The van der Waals surface area contributed by atoms with Gasteiger partial charge in [-0.2, -0.15) is 5.10 Å². The quantitative estimate of drug-likeness (QED) is 0.772. The smallest absolute Gasteiger partial charge is 0.268 e. The van der Waals surface area contributed by atoms with Crippen molar-refractivity contribution in [3.8, 4) is 5.82 Å². The van der Waals surface area contributed by atoms with E-state index < -0.39 is 0 Å². The van der Waals surface area contributed by atoms with Gasteiger partial charge in [-0.1, -0.05) is 24.1 Å². The van der Waals surface area contributed by atoms with E-state index in [9.17, 15) is 4.79 Å². The summed E-state index contributed by atoms with van der Waals surface area (Å²) in [5.41, 5.74) is 6.74. The molecule has 23 heavy (non-hydrogen) atoms. The van der Waals surface area contributed by atoms with E-state index in [1.807, 2.05) is 0 Å². The summed E-state index contributed by atoms with van der Waals surface area (Å²) in [7, 11) is 0. The maximum absolute atomic E-state index is 13.0. The predicted octanol–water partition coefficient (Wildman–Crippen LogP) is 2.56. The van der Waals surface area contributed by atoms with Gasteiger partial charge in [-0.25, -0.2) is 9.55 Å². The molecule has 2 heterocycles. The van der Waals surface area contributed by atoms with E-state index in [4.69, 9.17) is 17.3 Å². The van der Waals surface area contributed by atoms with Crippen molar-refractivity contribution in [3.63, 3.8) is 0 Å². The van der Waals surface area contributed by atoms with Crippen LogP contribution >= 0.6 is 11.6 Å². The summed E-state index contributed by atoms with van der Waals surface area (Å²) in [5.74, 6) is 1.37. The van der Waals surface area contributed by atoms with Gasteiger partial charge >= 0.3 is 0 Å². The van der Waals surface area contributed by atoms with Gasteiger partial charge in [-0.15, -0.1) is 0 Å². The number of halogens is 1. The average molecular weight is 330 g/mol. The lowest BCUT2D eigenvalue weighted by molar-refractivity contribution is 0.255. The van der Waals surface area contributed by atoms with E-state index in [2.05, 4.69) is 15.2 Å². The molecule has 0 amide bonds. The monoisotopic (exact) mass is 329 g/mol. The maximum atomic E-state index is 13.0. The number of aromatic nitrogens is 4. The topological polar surface area (TPSA) is 89.6 Å². The number of nitrogens with two attached hydrogens (primary N) is 1. The number of nitrogens with zero attached hydrogens (tertiary/aromatic N) is 3. The van der Waals surface area contributed by atoms with Gasteiger partial charge in [-0.3, -0.25) is 9.89 Å². The zero-order valence-corrected chi connectivity index (χ0v) is 13.1. The highest BCUT2D eigenvalue weighted by atomic mass is 35.5. The van der Waals surface area contributed by atoms with E-state index in [-0.39, 0.29) is 11.6 Å². The van der Waals surface area contributed by atoms with Gasteiger partial charge in [0, 0.05) is 12.3 Å². The Bertz CT molecular complexity index is 914. The molecule has 0 aliphatic heterocycles. The highest BCUT2D eigenvalue weighted by molar-refractivity contribution is 6.35. The first-order valence-corrected chi connectivity index (χ1v) is 8.01. The van der Waals surface area contributed by atoms with Crippen molar-refractivity contribution in [1.82, 2.24) is 19.7 Å². The molecule has 7 heteroatoms. The van der Waals surface area contributed by atoms with E-state index in [1.165, 1.54) is 11.0 Å². The van der Waals surface area contributed by atoms with Crippen molar-refractivity contribution in [2.24, 2.45) is 11.7 Å². The van der Waals surface area contributed by atoms with Crippen molar-refractivity contribution in [2.75, 3.05) is 0 Å². The van der Waals surface area contributed by atoms with Gasteiger partial charge in [0.2, 0.25) is 0 Å². The van der Waals surface area contributed by atoms with Crippen molar-refractivity contribution in [3.05, 3.63) is 51.7 Å². The minimum Gasteiger partial charge on any atom is -0.321 e. The Kier molecular flexibility index (Phi) is 3.43. The van der Waals surface area contributed by atoms with Crippen LogP contribution in [0.3, 0.4) is 0 Å². The van der Waals surface area contributed by atoms with Crippen LogP contribution in [-0.4, -0.2) is 19.7 Å². The standard InChI is InChI=1S/C16H16ClN5O/c17-10-5-2-6-11-13(10)16(23)22(12-7-8-19-21-12)15(20-11)14(18)9-3-1-4-9/h2,5-9,14H,1,3-4,18H2,(H,19,21). The van der Waals surface area contributed by atoms with Gasteiger partial charge in [-0.05, 0) is 30.9 Å². The van der Waals surface area contributed by atoms with Crippen LogP contribution in [-0.2, 0) is 0 Å². The number of H-pyrrole nitrogens is 1. The molecule has 1 fully saturated rings. The van der Waals surface area contributed by atoms with Crippen LogP contribution in [0.15, 0.2) is 35.3 Å². The number of nitrogens with one attached hydrogen (secondary N) is 1. The molecule has 6 nitrogen and oxygen atoms in total. The third-order valence-corrected chi connectivity index (χ3v) is 4.86. The zero-order chi connectivity index (χ0) is 16.0. The van der Waals surface area contributed by atoms with Crippen LogP contribution in [0.5, 0.6) is 0 Å². The summed E-state index contributed by atoms with van der Waals surface area (Å²) in [5, 5.41) is 7.63. The summed E-state index contributed by atoms with van der Waals surface area (Å²) in [6, 6.07) is 6.69. The number of fused-ring (bicyclic) bond motifs is 1. The highest BCUT2D eigenvalue weighted by Crippen LogP contribution is 2.36. The van der Waals surface area contributed by atoms with Gasteiger partial charge in [0.15, 0.2) is 5.82 Å². The first-order chi connectivity index (χ1) is 11.2. The molecule has 0 saturated heterocycles. The van der Waals surface area contributed by atoms with Crippen LogP contribution in [0.2, 0.25) is 5.02 Å². The Labute approximate surface area is 137 Å². The second kappa shape index (κ2) is 5.47. The average Bonchev–Trinajstić information content (AvgIpc) is 2.98. The third-order valence-electron chi connectivity index (χ3n) is 4.54. The van der Waals surface area contributed by atoms with Crippen LogP contribution in [0, 0.1) is 5.92 Å². The predicted molar refractivity (Wildman–Crippen MR) is 88.8 cm³/mol. The van der Waals surface area contributed by atoms with E-state index >= 15 is 0 Å². The molecule has 0 bridgehead atoms. The normalized spacial score (nSPS) is 16.4. The molecule has 1 saturated carbocycles. The Morgan fingerprint density at radius 3 is 2.83 bits per heavy atom. The molecule has 1 aliphatic carbocycles. The summed E-state index contributed by atoms with van der Waals surface area (Å²) < 4.78 is 1.48.